The van der Waals surface area contributed by atoms with Gasteiger partial charge in [0.05, 0.1) is 11.7 Å². The van der Waals surface area contributed by atoms with Gasteiger partial charge in [0.15, 0.2) is 0 Å². The molecule has 19 heavy (non-hydrogen) atoms. The molecule has 0 spiro atoms. The van der Waals surface area contributed by atoms with Crippen molar-refractivity contribution in [3.05, 3.63) is 36.0 Å². The number of aromatic hydroxyl groups is 1. The maximum absolute atomic E-state index is 9.70. The lowest BCUT2D eigenvalue weighted by atomic mass is 10.2. The van der Waals surface area contributed by atoms with Gasteiger partial charge in [0.2, 0.25) is 5.88 Å². The zero-order chi connectivity index (χ0) is 13.5. The highest BCUT2D eigenvalue weighted by Gasteiger charge is 2.06. The molecule has 1 heterocycles. The molecule has 2 rings (SSSR count). The second-order valence-electron chi connectivity index (χ2n) is 4.01. The van der Waals surface area contributed by atoms with E-state index >= 15 is 0 Å². The van der Waals surface area contributed by atoms with Crippen LogP contribution in [0.3, 0.4) is 0 Å². The minimum Gasteiger partial charge on any atom is -0.508 e. The quantitative estimate of drug-likeness (QED) is 0.695. The number of hydrogen-bond donors (Lipinski definition) is 3. The normalized spacial score (nSPS) is 12.3. The van der Waals surface area contributed by atoms with Crippen LogP contribution in [0.1, 0.15) is 5.56 Å². The predicted molar refractivity (Wildman–Crippen MR) is 71.2 cm³/mol. The SMILES string of the molecule is Oc1ccc(CNCC(O)COc2cnsn2)cc1. The summed E-state index contributed by atoms with van der Waals surface area (Å²) >= 11 is 1.06. The Morgan fingerprint density at radius 3 is 2.79 bits per heavy atom. The zero-order valence-corrected chi connectivity index (χ0v) is 11.0. The highest BCUT2D eigenvalue weighted by atomic mass is 32.1. The maximum atomic E-state index is 9.70. The first-order valence-electron chi connectivity index (χ1n) is 5.81. The van der Waals surface area contributed by atoms with Gasteiger partial charge in [0.1, 0.15) is 24.7 Å². The maximum Gasteiger partial charge on any atom is 0.245 e. The minimum absolute atomic E-state index is 0.175. The highest BCUT2D eigenvalue weighted by Crippen LogP contribution is 2.09. The number of ether oxygens (including phenoxy) is 1. The molecule has 0 bridgehead atoms. The van der Waals surface area contributed by atoms with Crippen molar-refractivity contribution in [2.24, 2.45) is 0 Å². The van der Waals surface area contributed by atoms with E-state index in [1.807, 2.05) is 12.1 Å². The van der Waals surface area contributed by atoms with Gasteiger partial charge in [-0.1, -0.05) is 12.1 Å². The van der Waals surface area contributed by atoms with Gasteiger partial charge in [-0.25, -0.2) is 0 Å². The van der Waals surface area contributed by atoms with Crippen LogP contribution in [0.5, 0.6) is 11.6 Å². The van der Waals surface area contributed by atoms with Crippen molar-refractivity contribution in [1.29, 1.82) is 0 Å². The first kappa shape index (κ1) is 13.7. The summed E-state index contributed by atoms with van der Waals surface area (Å²) in [5, 5.41) is 21.9. The van der Waals surface area contributed by atoms with Gasteiger partial charge in [0.25, 0.3) is 0 Å². The lowest BCUT2D eigenvalue weighted by Crippen LogP contribution is -2.31. The summed E-state index contributed by atoms with van der Waals surface area (Å²) in [5.41, 5.74) is 1.04. The van der Waals surface area contributed by atoms with E-state index < -0.39 is 6.10 Å². The molecule has 0 amide bonds. The Hall–Kier alpha value is -1.70. The third-order valence-corrected chi connectivity index (χ3v) is 2.87. The van der Waals surface area contributed by atoms with Gasteiger partial charge in [0, 0.05) is 13.1 Å². The number of phenolic OH excluding ortho intramolecular Hbond substituents is 1. The van der Waals surface area contributed by atoms with Crippen LogP contribution in [0.25, 0.3) is 0 Å². The lowest BCUT2D eigenvalue weighted by Gasteiger charge is -2.11. The van der Waals surface area contributed by atoms with Crippen LogP contribution >= 0.6 is 11.7 Å². The smallest absolute Gasteiger partial charge is 0.245 e. The average Bonchev–Trinajstić information content (AvgIpc) is 2.92. The van der Waals surface area contributed by atoms with Crippen LogP contribution in [-0.2, 0) is 6.54 Å². The van der Waals surface area contributed by atoms with Crippen LogP contribution in [0, 0.1) is 0 Å². The third-order valence-electron chi connectivity index (χ3n) is 2.41. The number of benzene rings is 1. The molecule has 0 saturated carbocycles. The van der Waals surface area contributed by atoms with E-state index in [1.54, 1.807) is 12.1 Å². The summed E-state index contributed by atoms with van der Waals surface area (Å²) in [7, 11) is 0. The van der Waals surface area contributed by atoms with E-state index in [4.69, 9.17) is 9.84 Å². The number of aliphatic hydroxyl groups is 1. The molecule has 1 aromatic carbocycles. The van der Waals surface area contributed by atoms with Gasteiger partial charge >= 0.3 is 0 Å². The van der Waals surface area contributed by atoms with Gasteiger partial charge < -0.3 is 20.3 Å². The van der Waals surface area contributed by atoms with Crippen molar-refractivity contribution in [1.82, 2.24) is 14.1 Å². The predicted octanol–water partition coefficient (Wildman–Crippen LogP) is 0.773. The molecule has 0 aliphatic carbocycles. The Morgan fingerprint density at radius 1 is 1.32 bits per heavy atom. The van der Waals surface area contributed by atoms with Crippen LogP contribution in [0.2, 0.25) is 0 Å². The van der Waals surface area contributed by atoms with Gasteiger partial charge in [-0.05, 0) is 17.7 Å². The average molecular weight is 281 g/mol. The molecule has 0 saturated heterocycles. The molecule has 0 aliphatic rings. The fourth-order valence-corrected chi connectivity index (χ4v) is 1.82. The van der Waals surface area contributed by atoms with E-state index in [2.05, 4.69) is 14.1 Å². The zero-order valence-electron chi connectivity index (χ0n) is 10.2. The summed E-state index contributed by atoms with van der Waals surface area (Å²) in [6, 6.07) is 6.91. The van der Waals surface area contributed by atoms with Gasteiger partial charge in [-0.15, -0.1) is 4.37 Å². The molecule has 0 aliphatic heterocycles. The fraction of sp³-hybridized carbons (Fsp3) is 0.333. The Labute approximate surface area is 115 Å². The van der Waals surface area contributed by atoms with Crippen molar-refractivity contribution in [3.63, 3.8) is 0 Å². The molecule has 3 N–H and O–H groups in total. The number of phenols is 1. The summed E-state index contributed by atoms with van der Waals surface area (Å²) in [5.74, 6) is 0.677. The fourth-order valence-electron chi connectivity index (χ4n) is 1.46. The molecule has 1 unspecified atom stereocenters. The molecule has 102 valence electrons. The van der Waals surface area contributed by atoms with Crippen LogP contribution in [-0.4, -0.2) is 38.2 Å². The Bertz CT molecular complexity index is 475. The van der Waals surface area contributed by atoms with Crippen LogP contribution in [0.15, 0.2) is 30.5 Å². The first-order chi connectivity index (χ1) is 9.24. The Morgan fingerprint density at radius 2 is 2.11 bits per heavy atom. The number of nitrogens with one attached hydrogen (secondary N) is 1. The van der Waals surface area contributed by atoms with E-state index in [0.29, 0.717) is 19.0 Å². The van der Waals surface area contributed by atoms with Gasteiger partial charge in [-0.2, -0.15) is 4.37 Å². The molecule has 0 fully saturated rings. The molecule has 7 heteroatoms. The van der Waals surface area contributed by atoms with E-state index in [9.17, 15) is 5.11 Å². The Balaban J connectivity index is 1.63. The summed E-state index contributed by atoms with van der Waals surface area (Å²) < 4.78 is 12.9. The van der Waals surface area contributed by atoms with E-state index in [0.717, 1.165) is 17.3 Å². The number of nitrogens with zero attached hydrogens (tertiary/aromatic N) is 2. The Kier molecular flexibility index (Phi) is 5.08. The summed E-state index contributed by atoms with van der Waals surface area (Å²) in [4.78, 5) is 0. The topological polar surface area (TPSA) is 87.5 Å². The molecule has 0 radical (unpaired) electrons. The largest absolute Gasteiger partial charge is 0.508 e. The monoisotopic (exact) mass is 281 g/mol. The van der Waals surface area contributed by atoms with Gasteiger partial charge in [-0.3, -0.25) is 0 Å². The van der Waals surface area contributed by atoms with E-state index in [-0.39, 0.29) is 12.4 Å². The number of rotatable bonds is 7. The second-order valence-corrected chi connectivity index (χ2v) is 4.56. The second kappa shape index (κ2) is 7.03. The van der Waals surface area contributed by atoms with E-state index in [1.165, 1.54) is 6.20 Å². The van der Waals surface area contributed by atoms with Crippen LogP contribution < -0.4 is 10.1 Å². The highest BCUT2D eigenvalue weighted by molar-refractivity contribution is 6.99. The number of hydrogen-bond acceptors (Lipinski definition) is 7. The lowest BCUT2D eigenvalue weighted by molar-refractivity contribution is 0.104. The molecular weight excluding hydrogens is 266 g/mol. The third kappa shape index (κ3) is 4.82. The molecular formula is C12H15N3O3S. The van der Waals surface area contributed by atoms with Crippen molar-refractivity contribution in [2.75, 3.05) is 13.2 Å². The van der Waals surface area contributed by atoms with Crippen molar-refractivity contribution < 1.29 is 14.9 Å². The minimum atomic E-state index is -0.612. The molecule has 6 nitrogen and oxygen atoms in total. The summed E-state index contributed by atoms with van der Waals surface area (Å²) in [6.45, 7) is 1.21. The van der Waals surface area contributed by atoms with Crippen molar-refractivity contribution >= 4 is 11.7 Å². The molecule has 2 aromatic rings. The standard InChI is InChI=1S/C12H15N3O3S/c16-10-3-1-9(2-4-10)5-13-6-11(17)8-18-12-7-14-19-15-12/h1-4,7,11,13,16-17H,5-6,8H2. The first-order valence-corrected chi connectivity index (χ1v) is 6.54. The van der Waals surface area contributed by atoms with Crippen molar-refractivity contribution in [3.8, 4) is 11.6 Å². The molecule has 1 atom stereocenters. The molecule has 1 aromatic heterocycles. The van der Waals surface area contributed by atoms with Crippen LogP contribution in [0.4, 0.5) is 0 Å². The summed E-state index contributed by atoms with van der Waals surface area (Å²) in [6.07, 6.45) is 0.903. The number of aliphatic hydroxyl groups excluding tert-OH is 1. The van der Waals surface area contributed by atoms with Crippen molar-refractivity contribution in [2.45, 2.75) is 12.6 Å². The number of aromatic nitrogens is 2.